The van der Waals surface area contributed by atoms with E-state index in [9.17, 15) is 4.79 Å². The van der Waals surface area contributed by atoms with Gasteiger partial charge in [-0.15, -0.1) is 11.6 Å². The second-order valence-corrected chi connectivity index (χ2v) is 2.90. The Labute approximate surface area is 61.8 Å². The summed E-state index contributed by atoms with van der Waals surface area (Å²) in [7, 11) is 0.285. The highest BCUT2D eigenvalue weighted by Gasteiger charge is 1.90. The van der Waals surface area contributed by atoms with Gasteiger partial charge in [0.1, 0.15) is 0 Å². The minimum atomic E-state index is -0.206. The largest absolute Gasteiger partial charge is 0.448 e. The molecule has 0 amide bonds. The standard InChI is InChI=1S/C5H10ClO2P/c1-5(7)8-9-4-2-3-6/h9H,2-4H2,1H3. The molecule has 1 unspecified atom stereocenters. The van der Waals surface area contributed by atoms with Crippen molar-refractivity contribution in [2.45, 2.75) is 13.3 Å². The molecule has 0 radical (unpaired) electrons. The van der Waals surface area contributed by atoms with Crippen molar-refractivity contribution in [3.8, 4) is 0 Å². The Morgan fingerprint density at radius 3 is 2.89 bits per heavy atom. The molecule has 9 heavy (non-hydrogen) atoms. The van der Waals surface area contributed by atoms with Gasteiger partial charge in [-0.1, -0.05) is 0 Å². The molecule has 0 rings (SSSR count). The van der Waals surface area contributed by atoms with Crippen molar-refractivity contribution in [2.75, 3.05) is 12.0 Å². The van der Waals surface area contributed by atoms with Crippen LogP contribution in [0.25, 0.3) is 0 Å². The van der Waals surface area contributed by atoms with Crippen LogP contribution >= 0.6 is 20.4 Å². The van der Waals surface area contributed by atoms with Gasteiger partial charge in [-0.2, -0.15) is 0 Å². The SMILES string of the molecule is CC(=O)OPCCCCl. The van der Waals surface area contributed by atoms with Crippen molar-refractivity contribution in [1.29, 1.82) is 0 Å². The van der Waals surface area contributed by atoms with Crippen molar-refractivity contribution >= 4 is 26.4 Å². The topological polar surface area (TPSA) is 26.3 Å². The fourth-order valence-electron chi connectivity index (χ4n) is 0.292. The number of hydrogen-bond donors (Lipinski definition) is 0. The molecule has 2 nitrogen and oxygen atoms in total. The second kappa shape index (κ2) is 6.31. The maximum Gasteiger partial charge on any atom is 0.305 e. The maximum absolute atomic E-state index is 10.2. The van der Waals surface area contributed by atoms with Crippen LogP contribution in [0.15, 0.2) is 0 Å². The fraction of sp³-hybridized carbons (Fsp3) is 0.800. The summed E-state index contributed by atoms with van der Waals surface area (Å²) < 4.78 is 4.67. The molecule has 0 spiro atoms. The van der Waals surface area contributed by atoms with Crippen LogP contribution in [0.3, 0.4) is 0 Å². The van der Waals surface area contributed by atoms with E-state index in [0.29, 0.717) is 5.88 Å². The maximum atomic E-state index is 10.2. The van der Waals surface area contributed by atoms with Crippen LogP contribution in [-0.2, 0) is 9.32 Å². The predicted octanol–water partition coefficient (Wildman–Crippen LogP) is 1.77. The van der Waals surface area contributed by atoms with E-state index in [1.807, 2.05) is 0 Å². The zero-order valence-corrected chi connectivity index (χ0v) is 7.07. The highest BCUT2D eigenvalue weighted by molar-refractivity contribution is 7.32. The molecule has 0 aromatic carbocycles. The van der Waals surface area contributed by atoms with E-state index < -0.39 is 0 Å². The minimum Gasteiger partial charge on any atom is -0.448 e. The molecule has 0 fully saturated rings. The van der Waals surface area contributed by atoms with Crippen LogP contribution in [-0.4, -0.2) is 18.0 Å². The molecule has 1 atom stereocenters. The molecule has 0 aromatic rings. The zero-order chi connectivity index (χ0) is 7.11. The van der Waals surface area contributed by atoms with Crippen LogP contribution < -0.4 is 0 Å². The van der Waals surface area contributed by atoms with Gasteiger partial charge in [0, 0.05) is 19.0 Å². The molecule has 0 aromatic heterocycles. The molecule has 0 saturated heterocycles. The van der Waals surface area contributed by atoms with E-state index in [2.05, 4.69) is 4.52 Å². The van der Waals surface area contributed by atoms with E-state index in [1.165, 1.54) is 6.92 Å². The Hall–Kier alpha value is 0.190. The van der Waals surface area contributed by atoms with Gasteiger partial charge >= 0.3 is 5.97 Å². The van der Waals surface area contributed by atoms with Crippen LogP contribution in [0.5, 0.6) is 0 Å². The molecule has 4 heteroatoms. The average molecular weight is 169 g/mol. The molecule has 0 aliphatic carbocycles. The van der Waals surface area contributed by atoms with Gasteiger partial charge in [0.15, 0.2) is 0 Å². The minimum absolute atomic E-state index is 0.206. The summed E-state index contributed by atoms with van der Waals surface area (Å²) in [6.45, 7) is 1.41. The lowest BCUT2D eigenvalue weighted by Gasteiger charge is -1.97. The first-order valence-corrected chi connectivity index (χ1v) is 4.38. The second-order valence-electron chi connectivity index (χ2n) is 1.53. The van der Waals surface area contributed by atoms with Crippen molar-refractivity contribution in [1.82, 2.24) is 0 Å². The quantitative estimate of drug-likeness (QED) is 0.363. The third kappa shape index (κ3) is 8.19. The molecule has 0 aliphatic heterocycles. The molecule has 0 N–H and O–H groups in total. The van der Waals surface area contributed by atoms with Gasteiger partial charge in [0.2, 0.25) is 0 Å². The van der Waals surface area contributed by atoms with E-state index >= 15 is 0 Å². The van der Waals surface area contributed by atoms with Gasteiger partial charge in [-0.25, -0.2) is 0 Å². The Morgan fingerprint density at radius 1 is 1.78 bits per heavy atom. The summed E-state index contributed by atoms with van der Waals surface area (Å²) in [6.07, 6.45) is 1.82. The summed E-state index contributed by atoms with van der Waals surface area (Å²) in [5, 5.41) is 0. The predicted molar refractivity (Wildman–Crippen MR) is 40.3 cm³/mol. The smallest absolute Gasteiger partial charge is 0.305 e. The summed E-state index contributed by atoms with van der Waals surface area (Å²) in [6, 6.07) is 0. The first-order valence-electron chi connectivity index (χ1n) is 2.73. The lowest BCUT2D eigenvalue weighted by molar-refractivity contribution is -0.130. The van der Waals surface area contributed by atoms with Crippen molar-refractivity contribution in [2.24, 2.45) is 0 Å². The van der Waals surface area contributed by atoms with Gasteiger partial charge in [0.25, 0.3) is 0 Å². The molecule has 54 valence electrons. The van der Waals surface area contributed by atoms with Gasteiger partial charge in [0.05, 0.1) is 8.81 Å². The van der Waals surface area contributed by atoms with Gasteiger partial charge < -0.3 is 4.52 Å². The summed E-state index contributed by atoms with van der Waals surface area (Å²) >= 11 is 5.38. The number of alkyl halides is 1. The van der Waals surface area contributed by atoms with E-state index in [1.54, 1.807) is 0 Å². The average Bonchev–Trinajstić information content (AvgIpc) is 1.80. The molecule has 0 aliphatic rings. The number of carbonyl (C=O) groups is 1. The third-order valence-electron chi connectivity index (χ3n) is 0.628. The van der Waals surface area contributed by atoms with Crippen LogP contribution in [0.1, 0.15) is 13.3 Å². The highest BCUT2D eigenvalue weighted by Crippen LogP contribution is 2.12. The van der Waals surface area contributed by atoms with E-state index in [-0.39, 0.29) is 14.8 Å². The molecular weight excluding hydrogens is 158 g/mol. The Kier molecular flexibility index (Phi) is 6.45. The Morgan fingerprint density at radius 2 is 2.44 bits per heavy atom. The summed E-state index contributed by atoms with van der Waals surface area (Å²) in [5.74, 6) is 0.441. The third-order valence-corrected chi connectivity index (χ3v) is 1.89. The number of carbonyl (C=O) groups excluding carboxylic acids is 1. The lowest BCUT2D eigenvalue weighted by Crippen LogP contribution is -1.89. The molecule has 0 saturated carbocycles. The van der Waals surface area contributed by atoms with Gasteiger partial charge in [-0.3, -0.25) is 4.79 Å². The van der Waals surface area contributed by atoms with Crippen molar-refractivity contribution < 1.29 is 9.32 Å². The Balaban J connectivity index is 2.83. The van der Waals surface area contributed by atoms with Crippen molar-refractivity contribution in [3.63, 3.8) is 0 Å². The zero-order valence-electron chi connectivity index (χ0n) is 5.32. The highest BCUT2D eigenvalue weighted by atomic mass is 35.5. The molecule has 0 bridgehead atoms. The first kappa shape index (κ1) is 9.19. The van der Waals surface area contributed by atoms with Crippen LogP contribution in [0, 0.1) is 0 Å². The van der Waals surface area contributed by atoms with Gasteiger partial charge in [-0.05, 0) is 6.42 Å². The summed E-state index contributed by atoms with van der Waals surface area (Å²) in [5.41, 5.74) is 0. The normalized spacial score (nSPS) is 10.4. The number of hydrogen-bond acceptors (Lipinski definition) is 2. The van der Waals surface area contributed by atoms with E-state index in [4.69, 9.17) is 11.6 Å². The monoisotopic (exact) mass is 168 g/mol. The molecular formula is C5H10ClO2P. The lowest BCUT2D eigenvalue weighted by atomic mass is 10.6. The fourth-order valence-corrected chi connectivity index (χ4v) is 1.28. The van der Waals surface area contributed by atoms with Crippen LogP contribution in [0.4, 0.5) is 0 Å². The van der Waals surface area contributed by atoms with Crippen LogP contribution in [0.2, 0.25) is 0 Å². The molecule has 0 heterocycles. The first-order chi connectivity index (χ1) is 4.27. The Bertz CT molecular complexity index is 87.0. The number of halogens is 1. The van der Waals surface area contributed by atoms with E-state index in [0.717, 1.165) is 12.6 Å². The summed E-state index contributed by atoms with van der Waals surface area (Å²) in [4.78, 5) is 10.2. The van der Waals surface area contributed by atoms with Crippen molar-refractivity contribution in [3.05, 3.63) is 0 Å². The number of rotatable bonds is 4.